The lowest BCUT2D eigenvalue weighted by Crippen LogP contribution is -2.37. The number of anilines is 1. The summed E-state index contributed by atoms with van der Waals surface area (Å²) in [4.78, 5) is 17.4. The zero-order valence-electron chi connectivity index (χ0n) is 14.8. The third-order valence-corrected chi connectivity index (χ3v) is 7.42. The highest BCUT2D eigenvalue weighted by Crippen LogP contribution is 2.60. The second kappa shape index (κ2) is 6.01. The fraction of sp³-hybridized carbons (Fsp3) is 0.632. The van der Waals surface area contributed by atoms with Crippen molar-refractivity contribution in [3.63, 3.8) is 0 Å². The van der Waals surface area contributed by atoms with Crippen molar-refractivity contribution < 1.29 is 13.2 Å². The van der Waals surface area contributed by atoms with Crippen LogP contribution >= 0.6 is 0 Å². The summed E-state index contributed by atoms with van der Waals surface area (Å²) < 4.78 is 23.1. The van der Waals surface area contributed by atoms with E-state index in [1.165, 1.54) is 6.26 Å². The van der Waals surface area contributed by atoms with Crippen LogP contribution in [0.15, 0.2) is 29.2 Å². The monoisotopic (exact) mass is 362 g/mol. The predicted molar refractivity (Wildman–Crippen MR) is 97.4 cm³/mol. The number of carbonyl (C=O) groups is 1. The lowest BCUT2D eigenvalue weighted by Gasteiger charge is -2.34. The van der Waals surface area contributed by atoms with Gasteiger partial charge in [-0.15, -0.1) is 0 Å². The summed E-state index contributed by atoms with van der Waals surface area (Å²) in [5.41, 5.74) is 1.31. The van der Waals surface area contributed by atoms with Crippen molar-refractivity contribution in [3.05, 3.63) is 24.3 Å². The third-order valence-electron chi connectivity index (χ3n) is 6.29. The molecule has 6 heteroatoms. The van der Waals surface area contributed by atoms with E-state index in [1.807, 2.05) is 12.1 Å². The number of amides is 1. The quantitative estimate of drug-likeness (QED) is 0.828. The normalized spacial score (nSPS) is 25.4. The summed E-state index contributed by atoms with van der Waals surface area (Å²) in [6.07, 6.45) is 6.72. The van der Waals surface area contributed by atoms with Gasteiger partial charge in [0.25, 0.3) is 0 Å². The van der Waals surface area contributed by atoms with Crippen LogP contribution in [-0.4, -0.2) is 51.7 Å². The minimum atomic E-state index is -3.14. The number of likely N-dealkylation sites (tertiary alicyclic amines) is 1. The van der Waals surface area contributed by atoms with Gasteiger partial charge in [0.1, 0.15) is 0 Å². The Bertz CT molecular complexity index is 758. The molecule has 0 N–H and O–H groups in total. The lowest BCUT2D eigenvalue weighted by atomic mass is 9.90. The first kappa shape index (κ1) is 16.9. The van der Waals surface area contributed by atoms with Crippen LogP contribution in [0.1, 0.15) is 32.1 Å². The second-order valence-electron chi connectivity index (χ2n) is 7.90. The predicted octanol–water partition coefficient (Wildman–Crippen LogP) is 2.32. The first-order chi connectivity index (χ1) is 11.9. The van der Waals surface area contributed by atoms with E-state index in [2.05, 4.69) is 9.80 Å². The Labute approximate surface area is 149 Å². The molecule has 1 aliphatic carbocycles. The molecular formula is C19H26N2O3S. The summed E-state index contributed by atoms with van der Waals surface area (Å²) in [7, 11) is -3.14. The topological polar surface area (TPSA) is 57.7 Å². The van der Waals surface area contributed by atoms with Gasteiger partial charge in [-0.2, -0.15) is 0 Å². The molecule has 2 heterocycles. The standard InChI is InChI=1S/C19H26N2O3S/c1-25(23,24)16-6-4-15(5-7-16)20-12-8-19(9-13-20)14-17(19)18(22)21-10-2-3-11-21/h4-7,17H,2-3,8-14H2,1H3. The Balaban J connectivity index is 1.37. The SMILES string of the molecule is CS(=O)(=O)c1ccc(N2CCC3(CC2)CC3C(=O)N2CCCC2)cc1. The summed E-state index contributed by atoms with van der Waals surface area (Å²) in [6, 6.07) is 7.17. The molecule has 1 unspecified atom stereocenters. The molecule has 1 aromatic carbocycles. The molecular weight excluding hydrogens is 336 g/mol. The van der Waals surface area contributed by atoms with Crippen LogP contribution in [0.25, 0.3) is 0 Å². The molecule has 0 bridgehead atoms. The van der Waals surface area contributed by atoms with Gasteiger partial charge in [-0.1, -0.05) is 0 Å². The van der Waals surface area contributed by atoms with Crippen LogP contribution in [0.4, 0.5) is 5.69 Å². The number of hydrogen-bond donors (Lipinski definition) is 0. The molecule has 1 amide bonds. The zero-order chi connectivity index (χ0) is 17.7. The van der Waals surface area contributed by atoms with Crippen LogP contribution in [0.3, 0.4) is 0 Å². The zero-order valence-corrected chi connectivity index (χ0v) is 15.6. The molecule has 0 aromatic heterocycles. The molecule has 3 fully saturated rings. The number of piperidine rings is 1. The van der Waals surface area contributed by atoms with Crippen molar-refractivity contribution >= 4 is 21.4 Å². The molecule has 4 rings (SSSR count). The lowest BCUT2D eigenvalue weighted by molar-refractivity contribution is -0.132. The van der Waals surface area contributed by atoms with Gasteiger partial charge in [0.15, 0.2) is 9.84 Å². The van der Waals surface area contributed by atoms with Crippen molar-refractivity contribution in [1.29, 1.82) is 0 Å². The van der Waals surface area contributed by atoms with E-state index < -0.39 is 9.84 Å². The van der Waals surface area contributed by atoms with Gasteiger partial charge in [0.2, 0.25) is 5.91 Å². The molecule has 5 nitrogen and oxygen atoms in total. The summed E-state index contributed by atoms with van der Waals surface area (Å²) >= 11 is 0. The van der Waals surface area contributed by atoms with E-state index in [4.69, 9.17) is 0 Å². The summed E-state index contributed by atoms with van der Waals surface area (Å²) in [5, 5.41) is 0. The molecule has 3 aliphatic rings. The first-order valence-corrected chi connectivity index (χ1v) is 11.1. The maximum Gasteiger partial charge on any atom is 0.226 e. The largest absolute Gasteiger partial charge is 0.371 e. The Morgan fingerprint density at radius 2 is 1.64 bits per heavy atom. The maximum absolute atomic E-state index is 12.6. The molecule has 0 radical (unpaired) electrons. The van der Waals surface area contributed by atoms with Gasteiger partial charge in [-0.3, -0.25) is 4.79 Å². The number of rotatable bonds is 3. The minimum Gasteiger partial charge on any atom is -0.371 e. The van der Waals surface area contributed by atoms with Crippen molar-refractivity contribution in [1.82, 2.24) is 4.90 Å². The van der Waals surface area contributed by atoms with Gasteiger partial charge < -0.3 is 9.80 Å². The number of benzene rings is 1. The highest BCUT2D eigenvalue weighted by Gasteiger charge is 2.59. The van der Waals surface area contributed by atoms with Crippen LogP contribution < -0.4 is 4.90 Å². The second-order valence-corrected chi connectivity index (χ2v) is 9.92. The van der Waals surface area contributed by atoms with Gasteiger partial charge >= 0.3 is 0 Å². The molecule has 1 atom stereocenters. The van der Waals surface area contributed by atoms with E-state index in [9.17, 15) is 13.2 Å². The van der Waals surface area contributed by atoms with Crippen LogP contribution in [0.2, 0.25) is 0 Å². The van der Waals surface area contributed by atoms with Gasteiger partial charge in [0.05, 0.1) is 4.90 Å². The van der Waals surface area contributed by atoms with Crippen molar-refractivity contribution in [2.24, 2.45) is 11.3 Å². The van der Waals surface area contributed by atoms with E-state index in [0.29, 0.717) is 10.8 Å². The van der Waals surface area contributed by atoms with E-state index >= 15 is 0 Å². The van der Waals surface area contributed by atoms with E-state index in [0.717, 1.165) is 64.0 Å². The minimum absolute atomic E-state index is 0.239. The first-order valence-electron chi connectivity index (χ1n) is 9.23. The molecule has 136 valence electrons. The van der Waals surface area contributed by atoms with Gasteiger partial charge in [0, 0.05) is 44.0 Å². The Kier molecular flexibility index (Phi) is 4.06. The highest BCUT2D eigenvalue weighted by atomic mass is 32.2. The molecule has 25 heavy (non-hydrogen) atoms. The maximum atomic E-state index is 12.6. The summed E-state index contributed by atoms with van der Waals surface area (Å²) in [5.74, 6) is 0.642. The molecule has 1 spiro atoms. The Hall–Kier alpha value is -1.56. The van der Waals surface area contributed by atoms with E-state index in [1.54, 1.807) is 12.1 Å². The van der Waals surface area contributed by atoms with E-state index in [-0.39, 0.29) is 11.3 Å². The molecule has 2 aliphatic heterocycles. The summed E-state index contributed by atoms with van der Waals surface area (Å²) in [6.45, 7) is 3.79. The van der Waals surface area contributed by atoms with Crippen LogP contribution in [-0.2, 0) is 14.6 Å². The van der Waals surface area contributed by atoms with Crippen molar-refractivity contribution in [3.8, 4) is 0 Å². The number of hydrogen-bond acceptors (Lipinski definition) is 4. The molecule has 2 saturated heterocycles. The number of nitrogens with zero attached hydrogens (tertiary/aromatic N) is 2. The van der Waals surface area contributed by atoms with Gasteiger partial charge in [-0.25, -0.2) is 8.42 Å². The van der Waals surface area contributed by atoms with Crippen molar-refractivity contribution in [2.45, 2.75) is 37.0 Å². The number of sulfone groups is 1. The van der Waals surface area contributed by atoms with Crippen molar-refractivity contribution in [2.75, 3.05) is 37.3 Å². The Morgan fingerprint density at radius 1 is 1.04 bits per heavy atom. The number of carbonyl (C=O) groups excluding carboxylic acids is 1. The molecule has 1 aromatic rings. The third kappa shape index (κ3) is 3.16. The fourth-order valence-corrected chi connectivity index (χ4v) is 5.15. The van der Waals surface area contributed by atoms with Gasteiger partial charge in [-0.05, 0) is 61.8 Å². The fourth-order valence-electron chi connectivity index (χ4n) is 4.52. The molecule has 1 saturated carbocycles. The smallest absolute Gasteiger partial charge is 0.226 e. The Morgan fingerprint density at radius 3 is 2.20 bits per heavy atom. The highest BCUT2D eigenvalue weighted by molar-refractivity contribution is 7.90. The average Bonchev–Trinajstić information content (AvgIpc) is 3.04. The van der Waals surface area contributed by atoms with Crippen LogP contribution in [0, 0.1) is 11.3 Å². The van der Waals surface area contributed by atoms with Crippen LogP contribution in [0.5, 0.6) is 0 Å². The average molecular weight is 362 g/mol.